The summed E-state index contributed by atoms with van der Waals surface area (Å²) in [7, 11) is 4.26. The van der Waals surface area contributed by atoms with Crippen molar-refractivity contribution in [2.24, 2.45) is 0 Å². The zero-order chi connectivity index (χ0) is 14.8. The number of piperidine rings is 1. The van der Waals surface area contributed by atoms with Gasteiger partial charge in [-0.05, 0) is 39.8 Å². The van der Waals surface area contributed by atoms with Crippen molar-refractivity contribution in [2.75, 3.05) is 55.8 Å². The van der Waals surface area contributed by atoms with E-state index in [0.29, 0.717) is 12.0 Å². The Hall–Kier alpha value is -1.63. The number of nitrogen functional groups attached to an aromatic ring is 1. The molecule has 3 rings (SSSR count). The lowest BCUT2D eigenvalue weighted by atomic mass is 10.1. The Morgan fingerprint density at radius 2 is 1.57 bits per heavy atom. The monoisotopic (exact) mass is 291 g/mol. The van der Waals surface area contributed by atoms with Gasteiger partial charge in [-0.25, -0.2) is 0 Å². The predicted molar refractivity (Wildman–Crippen MR) is 84.6 cm³/mol. The molecule has 1 atom stereocenters. The van der Waals surface area contributed by atoms with Crippen molar-refractivity contribution in [2.45, 2.75) is 31.7 Å². The Labute approximate surface area is 126 Å². The highest BCUT2D eigenvalue weighted by Gasteiger charge is 2.25. The Morgan fingerprint density at radius 3 is 2.24 bits per heavy atom. The Balaban J connectivity index is 1.80. The minimum atomic E-state index is 0.328. The Bertz CT molecular complexity index is 484. The molecule has 1 aromatic rings. The second kappa shape index (κ2) is 6.01. The van der Waals surface area contributed by atoms with Crippen LogP contribution >= 0.6 is 0 Å². The van der Waals surface area contributed by atoms with Gasteiger partial charge in [0, 0.05) is 32.2 Å². The maximum absolute atomic E-state index is 5.90. The van der Waals surface area contributed by atoms with Crippen LogP contribution in [0.15, 0.2) is 0 Å². The standard InChI is InChI=1S/C14H25N7/c1-19(2)11-6-5-9-21(10-11)14-17-12(15)16-13(18-14)20-7-3-4-8-20/h11H,3-10H2,1-2H3,(H2,15,16,17,18). The van der Waals surface area contributed by atoms with E-state index in [1.165, 1.54) is 19.3 Å². The van der Waals surface area contributed by atoms with Crippen LogP contribution in [0.3, 0.4) is 0 Å². The average Bonchev–Trinajstić information content (AvgIpc) is 3.01. The summed E-state index contributed by atoms with van der Waals surface area (Å²) < 4.78 is 0. The molecule has 21 heavy (non-hydrogen) atoms. The summed E-state index contributed by atoms with van der Waals surface area (Å²) in [5.74, 6) is 1.80. The maximum atomic E-state index is 5.90. The van der Waals surface area contributed by atoms with E-state index in [4.69, 9.17) is 5.73 Å². The van der Waals surface area contributed by atoms with Crippen molar-refractivity contribution in [1.82, 2.24) is 19.9 Å². The summed E-state index contributed by atoms with van der Waals surface area (Å²) >= 11 is 0. The van der Waals surface area contributed by atoms with Crippen LogP contribution in [0.4, 0.5) is 17.8 Å². The van der Waals surface area contributed by atoms with Crippen molar-refractivity contribution in [3.8, 4) is 0 Å². The number of rotatable bonds is 3. The van der Waals surface area contributed by atoms with E-state index < -0.39 is 0 Å². The molecule has 116 valence electrons. The number of nitrogens with two attached hydrogens (primary N) is 1. The fourth-order valence-electron chi connectivity index (χ4n) is 3.13. The third kappa shape index (κ3) is 3.18. The molecular formula is C14H25N7. The summed E-state index contributed by atoms with van der Waals surface area (Å²) in [6.45, 7) is 3.98. The molecule has 1 aromatic heterocycles. The second-order valence-corrected chi connectivity index (χ2v) is 6.19. The molecule has 2 aliphatic rings. The van der Waals surface area contributed by atoms with Crippen LogP contribution in [-0.2, 0) is 0 Å². The van der Waals surface area contributed by atoms with Gasteiger partial charge < -0.3 is 20.4 Å². The van der Waals surface area contributed by atoms with Crippen LogP contribution in [0.1, 0.15) is 25.7 Å². The van der Waals surface area contributed by atoms with E-state index in [2.05, 4.69) is 43.7 Å². The van der Waals surface area contributed by atoms with Crippen LogP contribution < -0.4 is 15.5 Å². The molecule has 0 bridgehead atoms. The number of likely N-dealkylation sites (N-methyl/N-ethyl adjacent to an activating group) is 1. The molecule has 1 unspecified atom stereocenters. The normalized spacial score (nSPS) is 23.1. The fraction of sp³-hybridized carbons (Fsp3) is 0.786. The first-order valence-corrected chi connectivity index (χ1v) is 7.81. The molecule has 0 aromatic carbocycles. The first-order chi connectivity index (χ1) is 10.1. The zero-order valence-electron chi connectivity index (χ0n) is 13.0. The van der Waals surface area contributed by atoms with Crippen LogP contribution in [0.5, 0.6) is 0 Å². The SMILES string of the molecule is CN(C)C1CCCN(c2nc(N)nc(N3CCCC3)n2)C1. The summed E-state index contributed by atoms with van der Waals surface area (Å²) in [4.78, 5) is 20.1. The first-order valence-electron chi connectivity index (χ1n) is 7.81. The lowest BCUT2D eigenvalue weighted by molar-refractivity contribution is 0.257. The minimum Gasteiger partial charge on any atom is -0.368 e. The lowest BCUT2D eigenvalue weighted by Crippen LogP contribution is -2.46. The van der Waals surface area contributed by atoms with Crippen molar-refractivity contribution < 1.29 is 0 Å². The van der Waals surface area contributed by atoms with Gasteiger partial charge in [-0.3, -0.25) is 0 Å². The average molecular weight is 291 g/mol. The van der Waals surface area contributed by atoms with Crippen LogP contribution in [0, 0.1) is 0 Å². The van der Waals surface area contributed by atoms with Gasteiger partial charge in [-0.1, -0.05) is 0 Å². The largest absolute Gasteiger partial charge is 0.368 e. The number of nitrogens with zero attached hydrogens (tertiary/aromatic N) is 6. The molecule has 0 amide bonds. The first kappa shape index (κ1) is 14.3. The molecule has 0 spiro atoms. The molecule has 7 heteroatoms. The summed E-state index contributed by atoms with van der Waals surface area (Å²) in [5, 5.41) is 0. The van der Waals surface area contributed by atoms with Gasteiger partial charge in [0.2, 0.25) is 17.8 Å². The predicted octanol–water partition coefficient (Wildman–Crippen LogP) is 0.584. The molecular weight excluding hydrogens is 266 g/mol. The fourth-order valence-corrected chi connectivity index (χ4v) is 3.13. The van der Waals surface area contributed by atoms with Gasteiger partial charge in [0.05, 0.1) is 0 Å². The van der Waals surface area contributed by atoms with Crippen molar-refractivity contribution >= 4 is 17.8 Å². The van der Waals surface area contributed by atoms with E-state index in [1.54, 1.807) is 0 Å². The van der Waals surface area contributed by atoms with E-state index in [9.17, 15) is 0 Å². The highest BCUT2D eigenvalue weighted by Crippen LogP contribution is 2.22. The molecule has 7 nitrogen and oxygen atoms in total. The topological polar surface area (TPSA) is 74.4 Å². The molecule has 0 aliphatic carbocycles. The summed E-state index contributed by atoms with van der Waals surface area (Å²) in [5.41, 5.74) is 5.90. The van der Waals surface area contributed by atoms with Gasteiger partial charge in [0.25, 0.3) is 0 Å². The molecule has 2 N–H and O–H groups in total. The van der Waals surface area contributed by atoms with Crippen LogP contribution in [0.25, 0.3) is 0 Å². The van der Waals surface area contributed by atoms with Gasteiger partial charge in [-0.15, -0.1) is 0 Å². The molecule has 2 saturated heterocycles. The van der Waals surface area contributed by atoms with E-state index >= 15 is 0 Å². The van der Waals surface area contributed by atoms with Gasteiger partial charge in [-0.2, -0.15) is 15.0 Å². The van der Waals surface area contributed by atoms with E-state index in [0.717, 1.165) is 44.5 Å². The summed E-state index contributed by atoms with van der Waals surface area (Å²) in [6, 6.07) is 0.548. The number of hydrogen-bond acceptors (Lipinski definition) is 7. The van der Waals surface area contributed by atoms with Gasteiger partial charge >= 0.3 is 0 Å². The quantitative estimate of drug-likeness (QED) is 0.873. The number of aromatic nitrogens is 3. The van der Waals surface area contributed by atoms with Crippen LogP contribution in [0.2, 0.25) is 0 Å². The van der Waals surface area contributed by atoms with Gasteiger partial charge in [0.15, 0.2) is 0 Å². The highest BCUT2D eigenvalue weighted by atomic mass is 15.4. The van der Waals surface area contributed by atoms with Crippen molar-refractivity contribution in [1.29, 1.82) is 0 Å². The summed E-state index contributed by atoms with van der Waals surface area (Å²) in [6.07, 6.45) is 4.79. The smallest absolute Gasteiger partial charge is 0.232 e. The molecule has 0 saturated carbocycles. The molecule has 3 heterocycles. The Kier molecular flexibility index (Phi) is 4.10. The van der Waals surface area contributed by atoms with Crippen molar-refractivity contribution in [3.63, 3.8) is 0 Å². The molecule has 2 fully saturated rings. The third-order valence-corrected chi connectivity index (χ3v) is 4.43. The van der Waals surface area contributed by atoms with Crippen LogP contribution in [-0.4, -0.2) is 66.2 Å². The molecule has 0 radical (unpaired) electrons. The van der Waals surface area contributed by atoms with Gasteiger partial charge in [0.1, 0.15) is 0 Å². The lowest BCUT2D eigenvalue weighted by Gasteiger charge is -2.36. The van der Waals surface area contributed by atoms with E-state index in [1.807, 2.05) is 0 Å². The third-order valence-electron chi connectivity index (χ3n) is 4.43. The number of hydrogen-bond donors (Lipinski definition) is 1. The second-order valence-electron chi connectivity index (χ2n) is 6.19. The highest BCUT2D eigenvalue weighted by molar-refractivity contribution is 5.44. The number of anilines is 3. The Morgan fingerprint density at radius 1 is 0.952 bits per heavy atom. The minimum absolute atomic E-state index is 0.328. The van der Waals surface area contributed by atoms with E-state index in [-0.39, 0.29) is 0 Å². The van der Waals surface area contributed by atoms with Crippen molar-refractivity contribution in [3.05, 3.63) is 0 Å². The maximum Gasteiger partial charge on any atom is 0.232 e. The zero-order valence-corrected chi connectivity index (χ0v) is 13.0. The molecule has 2 aliphatic heterocycles.